The van der Waals surface area contributed by atoms with Crippen molar-refractivity contribution in [1.82, 2.24) is 5.32 Å². The number of benzene rings is 1. The molecule has 21 heavy (non-hydrogen) atoms. The Morgan fingerprint density at radius 2 is 1.81 bits per heavy atom. The summed E-state index contributed by atoms with van der Waals surface area (Å²) in [6, 6.07) is 4.41. The van der Waals surface area contributed by atoms with Gasteiger partial charge in [0, 0.05) is 0 Å². The maximum absolute atomic E-state index is 6.24. The summed E-state index contributed by atoms with van der Waals surface area (Å²) in [4.78, 5) is 0. The second-order valence-electron chi connectivity index (χ2n) is 6.08. The zero-order chi connectivity index (χ0) is 14.7. The minimum absolute atomic E-state index is 0.356. The average molecular weight is 354 g/mol. The predicted molar refractivity (Wildman–Crippen MR) is 88.4 cm³/mol. The number of ether oxygens (including phenoxy) is 2. The Kier molecular flexibility index (Phi) is 5.07. The van der Waals surface area contributed by atoms with Gasteiger partial charge in [0.05, 0.1) is 17.7 Å². The Bertz CT molecular complexity index is 480. The molecule has 3 nitrogen and oxygen atoms in total. The summed E-state index contributed by atoms with van der Waals surface area (Å²) in [6.45, 7) is 2.21. The van der Waals surface area contributed by atoms with Crippen LogP contribution in [0.3, 0.4) is 0 Å². The summed E-state index contributed by atoms with van der Waals surface area (Å²) < 4.78 is 12.8. The molecule has 1 aromatic carbocycles. The van der Waals surface area contributed by atoms with Crippen molar-refractivity contribution in [2.24, 2.45) is 0 Å². The summed E-state index contributed by atoms with van der Waals surface area (Å²) >= 11 is 3.65. The minimum Gasteiger partial charge on any atom is -0.492 e. The van der Waals surface area contributed by atoms with E-state index >= 15 is 0 Å². The van der Waals surface area contributed by atoms with E-state index in [9.17, 15) is 0 Å². The standard InChI is InChI=1S/C17H24BrNO2/c1-20-17-15(18)10-13(12-6-8-19-9-7-12)11-16(17)21-14-4-2-3-5-14/h10-12,14,19H,2-9H2,1H3. The van der Waals surface area contributed by atoms with E-state index in [1.165, 1.54) is 44.1 Å². The van der Waals surface area contributed by atoms with Crippen LogP contribution in [0.25, 0.3) is 0 Å². The SMILES string of the molecule is COc1c(Br)cc(C2CCNCC2)cc1OC1CCCC1. The third kappa shape index (κ3) is 3.54. The lowest BCUT2D eigenvalue weighted by molar-refractivity contribution is 0.200. The van der Waals surface area contributed by atoms with Gasteiger partial charge >= 0.3 is 0 Å². The van der Waals surface area contributed by atoms with Gasteiger partial charge in [-0.15, -0.1) is 0 Å². The molecule has 1 N–H and O–H groups in total. The van der Waals surface area contributed by atoms with Crippen molar-refractivity contribution in [2.45, 2.75) is 50.5 Å². The number of halogens is 1. The zero-order valence-corrected chi connectivity index (χ0v) is 14.2. The monoisotopic (exact) mass is 353 g/mol. The van der Waals surface area contributed by atoms with Crippen molar-refractivity contribution in [2.75, 3.05) is 20.2 Å². The summed E-state index contributed by atoms with van der Waals surface area (Å²) in [6.07, 6.45) is 7.64. The second kappa shape index (κ2) is 7.01. The lowest BCUT2D eigenvalue weighted by atomic mass is 9.90. The van der Waals surface area contributed by atoms with E-state index in [1.807, 2.05) is 0 Å². The molecule has 3 rings (SSSR count). The van der Waals surface area contributed by atoms with Crippen molar-refractivity contribution in [1.29, 1.82) is 0 Å². The van der Waals surface area contributed by atoms with Crippen molar-refractivity contribution in [3.05, 3.63) is 22.2 Å². The van der Waals surface area contributed by atoms with Gasteiger partial charge in [-0.05, 0) is 91.2 Å². The van der Waals surface area contributed by atoms with Crippen molar-refractivity contribution >= 4 is 15.9 Å². The first-order valence-corrected chi connectivity index (χ1v) is 8.82. The number of piperidine rings is 1. The Balaban J connectivity index is 1.85. The van der Waals surface area contributed by atoms with Crippen LogP contribution >= 0.6 is 15.9 Å². The molecule has 0 amide bonds. The van der Waals surface area contributed by atoms with Crippen LogP contribution in [0, 0.1) is 0 Å². The minimum atomic E-state index is 0.356. The molecule has 1 saturated heterocycles. The van der Waals surface area contributed by atoms with Crippen LogP contribution < -0.4 is 14.8 Å². The lowest BCUT2D eigenvalue weighted by Crippen LogP contribution is -2.26. The first-order valence-electron chi connectivity index (χ1n) is 8.02. The molecular weight excluding hydrogens is 330 g/mol. The molecule has 1 aliphatic heterocycles. The third-order valence-corrected chi connectivity index (χ3v) is 5.23. The van der Waals surface area contributed by atoms with Gasteiger partial charge in [-0.3, -0.25) is 0 Å². The van der Waals surface area contributed by atoms with E-state index in [0.29, 0.717) is 12.0 Å². The first-order chi connectivity index (χ1) is 10.3. The largest absolute Gasteiger partial charge is 0.492 e. The van der Waals surface area contributed by atoms with Crippen LogP contribution in [0.2, 0.25) is 0 Å². The summed E-state index contributed by atoms with van der Waals surface area (Å²) in [5.74, 6) is 2.37. The molecule has 2 fully saturated rings. The van der Waals surface area contributed by atoms with E-state index in [0.717, 1.165) is 29.1 Å². The maximum atomic E-state index is 6.24. The molecule has 0 bridgehead atoms. The van der Waals surface area contributed by atoms with E-state index < -0.39 is 0 Å². The molecule has 0 atom stereocenters. The van der Waals surface area contributed by atoms with E-state index in [-0.39, 0.29) is 0 Å². The smallest absolute Gasteiger partial charge is 0.174 e. The van der Waals surface area contributed by atoms with Crippen LogP contribution in [0.1, 0.15) is 50.0 Å². The number of methoxy groups -OCH3 is 1. The van der Waals surface area contributed by atoms with Gasteiger partial charge in [-0.25, -0.2) is 0 Å². The highest BCUT2D eigenvalue weighted by Crippen LogP contribution is 2.41. The van der Waals surface area contributed by atoms with Crippen LogP contribution in [0.15, 0.2) is 16.6 Å². The topological polar surface area (TPSA) is 30.5 Å². The predicted octanol–water partition coefficient (Wildman–Crippen LogP) is 4.25. The molecule has 0 unspecified atom stereocenters. The Morgan fingerprint density at radius 3 is 2.48 bits per heavy atom. The van der Waals surface area contributed by atoms with Crippen molar-refractivity contribution in [3.63, 3.8) is 0 Å². The number of rotatable bonds is 4. The molecule has 116 valence electrons. The molecule has 1 aliphatic carbocycles. The summed E-state index contributed by atoms with van der Waals surface area (Å²) in [5, 5.41) is 3.43. The highest BCUT2D eigenvalue weighted by Gasteiger charge is 2.22. The highest BCUT2D eigenvalue weighted by atomic mass is 79.9. The quantitative estimate of drug-likeness (QED) is 0.877. The Labute approximate surface area is 135 Å². The maximum Gasteiger partial charge on any atom is 0.174 e. The van der Waals surface area contributed by atoms with Gasteiger partial charge in [-0.1, -0.05) is 0 Å². The molecule has 2 aliphatic rings. The van der Waals surface area contributed by atoms with Gasteiger partial charge < -0.3 is 14.8 Å². The van der Waals surface area contributed by atoms with Gasteiger partial charge in [0.1, 0.15) is 0 Å². The highest BCUT2D eigenvalue weighted by molar-refractivity contribution is 9.10. The van der Waals surface area contributed by atoms with E-state index in [1.54, 1.807) is 7.11 Å². The number of nitrogens with one attached hydrogen (secondary N) is 1. The van der Waals surface area contributed by atoms with Gasteiger partial charge in [0.25, 0.3) is 0 Å². The van der Waals surface area contributed by atoms with Gasteiger partial charge in [0.2, 0.25) is 0 Å². The summed E-state index contributed by atoms with van der Waals surface area (Å²) in [5.41, 5.74) is 1.37. The molecule has 1 heterocycles. The zero-order valence-electron chi connectivity index (χ0n) is 12.7. The van der Waals surface area contributed by atoms with Crippen LogP contribution in [0.4, 0.5) is 0 Å². The normalized spacial score (nSPS) is 20.7. The van der Waals surface area contributed by atoms with E-state index in [2.05, 4.69) is 33.4 Å². The van der Waals surface area contributed by atoms with Gasteiger partial charge in [0.15, 0.2) is 11.5 Å². The molecule has 1 saturated carbocycles. The lowest BCUT2D eigenvalue weighted by Gasteiger charge is -2.25. The third-order valence-electron chi connectivity index (χ3n) is 4.64. The van der Waals surface area contributed by atoms with Crippen LogP contribution in [-0.2, 0) is 0 Å². The Morgan fingerprint density at radius 1 is 1.10 bits per heavy atom. The van der Waals surface area contributed by atoms with Crippen LogP contribution in [-0.4, -0.2) is 26.3 Å². The molecule has 1 aromatic rings. The average Bonchev–Trinajstić information content (AvgIpc) is 3.01. The second-order valence-corrected chi connectivity index (χ2v) is 6.94. The number of hydrogen-bond acceptors (Lipinski definition) is 3. The van der Waals surface area contributed by atoms with Crippen LogP contribution in [0.5, 0.6) is 11.5 Å². The Hall–Kier alpha value is -0.740. The van der Waals surface area contributed by atoms with Crippen molar-refractivity contribution < 1.29 is 9.47 Å². The fourth-order valence-corrected chi connectivity index (χ4v) is 4.07. The molecule has 0 radical (unpaired) electrons. The molecule has 4 heteroatoms. The molecular formula is C17H24BrNO2. The molecule has 0 aromatic heterocycles. The fourth-order valence-electron chi connectivity index (χ4n) is 3.45. The number of hydrogen-bond donors (Lipinski definition) is 1. The summed E-state index contributed by atoms with van der Waals surface area (Å²) in [7, 11) is 1.71. The molecule has 0 spiro atoms. The fraction of sp³-hybridized carbons (Fsp3) is 0.647. The van der Waals surface area contributed by atoms with Gasteiger partial charge in [-0.2, -0.15) is 0 Å². The van der Waals surface area contributed by atoms with Crippen molar-refractivity contribution in [3.8, 4) is 11.5 Å². The van der Waals surface area contributed by atoms with E-state index in [4.69, 9.17) is 9.47 Å². The first kappa shape index (κ1) is 15.2.